The second-order valence-electron chi connectivity index (χ2n) is 5.28. The Morgan fingerprint density at radius 1 is 0.929 bits per heavy atom. The highest BCUT2D eigenvalue weighted by Gasteiger charge is 2.27. The quantitative estimate of drug-likeness (QED) is 0.655. The lowest BCUT2D eigenvalue weighted by Gasteiger charge is -2.28. The summed E-state index contributed by atoms with van der Waals surface area (Å²) in [5.41, 5.74) is 0. The molecule has 14 heavy (non-hydrogen) atoms. The van der Waals surface area contributed by atoms with E-state index in [1.54, 1.807) is 0 Å². The smallest absolute Gasteiger partial charge is 0.0493 e. The van der Waals surface area contributed by atoms with Crippen LogP contribution in [0.2, 0.25) is 0 Å². The summed E-state index contributed by atoms with van der Waals surface area (Å²) in [4.78, 5) is 0. The molecule has 0 radical (unpaired) electrons. The zero-order chi connectivity index (χ0) is 9.80. The maximum absolute atomic E-state index is 5.37. The van der Waals surface area contributed by atoms with Crippen LogP contribution >= 0.6 is 0 Å². The van der Waals surface area contributed by atoms with Gasteiger partial charge in [-0.3, -0.25) is 0 Å². The maximum Gasteiger partial charge on any atom is 0.0493 e. The first-order valence-corrected chi connectivity index (χ1v) is 6.39. The van der Waals surface area contributed by atoms with Crippen LogP contribution in [0.4, 0.5) is 0 Å². The Labute approximate surface area is 88.2 Å². The molecule has 2 aliphatic rings. The fourth-order valence-corrected chi connectivity index (χ4v) is 3.51. The highest BCUT2D eigenvalue weighted by Crippen LogP contribution is 2.38. The Morgan fingerprint density at radius 3 is 2.50 bits per heavy atom. The van der Waals surface area contributed by atoms with Gasteiger partial charge in [0.1, 0.15) is 0 Å². The van der Waals surface area contributed by atoms with Gasteiger partial charge in [-0.1, -0.05) is 38.5 Å². The first-order chi connectivity index (χ1) is 6.90. The first kappa shape index (κ1) is 10.5. The molecule has 0 heterocycles. The van der Waals surface area contributed by atoms with E-state index in [1.807, 2.05) is 7.11 Å². The first-order valence-electron chi connectivity index (χ1n) is 6.39. The molecule has 0 N–H and O–H groups in total. The van der Waals surface area contributed by atoms with Gasteiger partial charge in [-0.25, -0.2) is 0 Å². The lowest BCUT2D eigenvalue weighted by Crippen LogP contribution is -2.21. The van der Waals surface area contributed by atoms with Crippen molar-refractivity contribution in [2.24, 2.45) is 17.8 Å². The summed E-state index contributed by atoms with van der Waals surface area (Å²) in [5.74, 6) is 2.93. The van der Waals surface area contributed by atoms with Crippen molar-refractivity contribution in [3.63, 3.8) is 0 Å². The Morgan fingerprint density at radius 2 is 1.71 bits per heavy atom. The minimum Gasteiger partial charge on any atom is -0.384 e. The Balaban J connectivity index is 1.97. The van der Waals surface area contributed by atoms with Gasteiger partial charge in [-0.15, -0.1) is 0 Å². The van der Waals surface area contributed by atoms with Crippen LogP contribution in [0.5, 0.6) is 0 Å². The minimum atomic E-state index is 0.874. The molecule has 1 heteroatoms. The van der Waals surface area contributed by atoms with Gasteiger partial charge in [0.25, 0.3) is 0 Å². The fraction of sp³-hybridized carbons (Fsp3) is 1.00. The standard InChI is InChI=1S/C13H24O/c1-14-10-13-7-3-5-11-4-2-6-12(13)9-8-11/h11-13H,2-10H2,1H3. The summed E-state index contributed by atoms with van der Waals surface area (Å²) >= 11 is 0. The highest BCUT2D eigenvalue weighted by atomic mass is 16.5. The summed E-state index contributed by atoms with van der Waals surface area (Å²) in [6.45, 7) is 1.01. The van der Waals surface area contributed by atoms with Gasteiger partial charge in [-0.2, -0.15) is 0 Å². The summed E-state index contributed by atoms with van der Waals surface area (Å²) < 4.78 is 5.37. The number of methoxy groups -OCH3 is 1. The normalized spacial score (nSPS) is 38.8. The van der Waals surface area contributed by atoms with Gasteiger partial charge in [0.15, 0.2) is 0 Å². The largest absolute Gasteiger partial charge is 0.384 e. The van der Waals surface area contributed by atoms with E-state index in [0.717, 1.165) is 24.4 Å². The van der Waals surface area contributed by atoms with E-state index in [-0.39, 0.29) is 0 Å². The molecular weight excluding hydrogens is 172 g/mol. The molecule has 82 valence electrons. The third-order valence-electron chi connectivity index (χ3n) is 4.37. The maximum atomic E-state index is 5.37. The summed E-state index contributed by atoms with van der Waals surface area (Å²) in [5, 5.41) is 0. The average Bonchev–Trinajstić information content (AvgIpc) is 2.35. The molecule has 1 nitrogen and oxygen atoms in total. The van der Waals surface area contributed by atoms with Crippen LogP contribution in [-0.2, 0) is 4.74 Å². The lowest BCUT2D eigenvalue weighted by molar-refractivity contribution is 0.101. The highest BCUT2D eigenvalue weighted by molar-refractivity contribution is 4.79. The van der Waals surface area contributed by atoms with Crippen LogP contribution in [0.25, 0.3) is 0 Å². The van der Waals surface area contributed by atoms with Crippen molar-refractivity contribution in [3.8, 4) is 0 Å². The van der Waals surface area contributed by atoms with Crippen molar-refractivity contribution >= 4 is 0 Å². The van der Waals surface area contributed by atoms with Gasteiger partial charge in [-0.05, 0) is 30.6 Å². The van der Waals surface area contributed by atoms with Crippen LogP contribution in [0.3, 0.4) is 0 Å². The van der Waals surface area contributed by atoms with Crippen molar-refractivity contribution in [1.29, 1.82) is 0 Å². The second-order valence-corrected chi connectivity index (χ2v) is 5.28. The van der Waals surface area contributed by atoms with E-state index in [0.29, 0.717) is 0 Å². The summed E-state index contributed by atoms with van der Waals surface area (Å²) in [7, 11) is 1.86. The van der Waals surface area contributed by atoms with Crippen molar-refractivity contribution in [2.75, 3.05) is 13.7 Å². The van der Waals surface area contributed by atoms with Gasteiger partial charge in [0, 0.05) is 13.7 Å². The molecule has 0 amide bonds. The van der Waals surface area contributed by atoms with Crippen molar-refractivity contribution in [2.45, 2.75) is 51.4 Å². The van der Waals surface area contributed by atoms with E-state index < -0.39 is 0 Å². The zero-order valence-electron chi connectivity index (χ0n) is 9.50. The number of hydrogen-bond acceptors (Lipinski definition) is 1. The van der Waals surface area contributed by atoms with Gasteiger partial charge >= 0.3 is 0 Å². The van der Waals surface area contributed by atoms with Crippen LogP contribution < -0.4 is 0 Å². The van der Waals surface area contributed by atoms with Crippen LogP contribution in [-0.4, -0.2) is 13.7 Å². The molecular formula is C13H24O. The van der Waals surface area contributed by atoms with Crippen LogP contribution in [0.1, 0.15) is 51.4 Å². The molecule has 0 aromatic rings. The minimum absolute atomic E-state index is 0.874. The van der Waals surface area contributed by atoms with E-state index in [4.69, 9.17) is 4.74 Å². The van der Waals surface area contributed by atoms with E-state index in [2.05, 4.69) is 0 Å². The topological polar surface area (TPSA) is 9.23 Å². The molecule has 0 spiro atoms. The van der Waals surface area contributed by atoms with Crippen LogP contribution in [0, 0.1) is 17.8 Å². The Bertz CT molecular complexity index is 167. The third-order valence-corrected chi connectivity index (χ3v) is 4.37. The molecule has 0 aromatic heterocycles. The second kappa shape index (κ2) is 5.16. The van der Waals surface area contributed by atoms with Gasteiger partial charge in [0.05, 0.1) is 0 Å². The van der Waals surface area contributed by atoms with Crippen molar-refractivity contribution in [3.05, 3.63) is 0 Å². The summed E-state index contributed by atoms with van der Waals surface area (Å²) in [6.07, 6.45) is 11.8. The Kier molecular flexibility index (Phi) is 3.86. The SMILES string of the molecule is COCC1CCCC2CCCC1CC2. The molecule has 2 saturated carbocycles. The number of hydrogen-bond donors (Lipinski definition) is 0. The molecule has 2 aliphatic carbocycles. The predicted octanol–water partition coefficient (Wildman–Crippen LogP) is 3.63. The molecule has 2 bridgehead atoms. The average molecular weight is 196 g/mol. The molecule has 2 rings (SSSR count). The molecule has 0 aromatic carbocycles. The van der Waals surface area contributed by atoms with Gasteiger partial charge in [0.2, 0.25) is 0 Å². The molecule has 0 saturated heterocycles. The number of fused-ring (bicyclic) bond motifs is 3. The monoisotopic (exact) mass is 196 g/mol. The molecule has 2 fully saturated rings. The Hall–Kier alpha value is -0.0400. The van der Waals surface area contributed by atoms with Gasteiger partial charge < -0.3 is 4.74 Å². The number of rotatable bonds is 2. The molecule has 3 atom stereocenters. The van der Waals surface area contributed by atoms with E-state index in [1.165, 1.54) is 51.4 Å². The molecule has 0 aliphatic heterocycles. The summed E-state index contributed by atoms with van der Waals surface area (Å²) in [6, 6.07) is 0. The lowest BCUT2D eigenvalue weighted by atomic mass is 9.80. The number of ether oxygens (including phenoxy) is 1. The van der Waals surface area contributed by atoms with E-state index >= 15 is 0 Å². The fourth-order valence-electron chi connectivity index (χ4n) is 3.51. The van der Waals surface area contributed by atoms with E-state index in [9.17, 15) is 0 Å². The van der Waals surface area contributed by atoms with Crippen LogP contribution in [0.15, 0.2) is 0 Å². The zero-order valence-corrected chi connectivity index (χ0v) is 9.50. The predicted molar refractivity (Wildman–Crippen MR) is 59.3 cm³/mol. The third kappa shape index (κ3) is 2.50. The van der Waals surface area contributed by atoms with Crippen molar-refractivity contribution in [1.82, 2.24) is 0 Å². The molecule has 3 unspecified atom stereocenters. The van der Waals surface area contributed by atoms with Crippen molar-refractivity contribution < 1.29 is 4.74 Å².